The summed E-state index contributed by atoms with van der Waals surface area (Å²) in [5, 5.41) is 11.4. The van der Waals surface area contributed by atoms with Crippen LogP contribution in [0.25, 0.3) is 16.9 Å². The molecule has 0 bridgehead atoms. The Labute approximate surface area is 164 Å². The van der Waals surface area contributed by atoms with Crippen LogP contribution in [0.1, 0.15) is 18.4 Å². The zero-order valence-electron chi connectivity index (χ0n) is 16.3. The topological polar surface area (TPSA) is 85.6 Å². The predicted molar refractivity (Wildman–Crippen MR) is 108 cm³/mol. The Morgan fingerprint density at radius 3 is 3.04 bits per heavy atom. The van der Waals surface area contributed by atoms with Crippen molar-refractivity contribution in [3.63, 3.8) is 0 Å². The van der Waals surface area contributed by atoms with Crippen LogP contribution in [-0.2, 0) is 4.74 Å². The maximum atomic E-state index is 5.90. The minimum absolute atomic E-state index is 0.339. The van der Waals surface area contributed by atoms with Crippen molar-refractivity contribution in [3.8, 4) is 17.3 Å². The third-order valence-electron chi connectivity index (χ3n) is 4.93. The highest BCUT2D eigenvalue weighted by Crippen LogP contribution is 2.29. The summed E-state index contributed by atoms with van der Waals surface area (Å²) >= 11 is 0. The quantitative estimate of drug-likeness (QED) is 0.606. The molecule has 1 atom stereocenters. The number of methoxy groups -OCH3 is 1. The lowest BCUT2D eigenvalue weighted by atomic mass is 10.1. The molecule has 0 amide bonds. The third kappa shape index (κ3) is 3.93. The average Bonchev–Trinajstić information content (AvgIpc) is 3.16. The fraction of sp³-hybridized carbons (Fsp3) is 0.450. The van der Waals surface area contributed by atoms with Crippen molar-refractivity contribution >= 4 is 11.3 Å². The van der Waals surface area contributed by atoms with Crippen LogP contribution in [0, 0.1) is 6.92 Å². The molecule has 0 saturated carbocycles. The lowest BCUT2D eigenvalue weighted by Crippen LogP contribution is -2.38. The number of hydrogen-bond acceptors (Lipinski definition) is 7. The Hall–Kier alpha value is -2.71. The van der Waals surface area contributed by atoms with E-state index in [4.69, 9.17) is 19.4 Å². The maximum Gasteiger partial charge on any atom is 0.222 e. The van der Waals surface area contributed by atoms with Gasteiger partial charge in [0.15, 0.2) is 5.82 Å². The molecule has 1 aliphatic heterocycles. The van der Waals surface area contributed by atoms with Crippen molar-refractivity contribution in [1.29, 1.82) is 0 Å². The van der Waals surface area contributed by atoms with Gasteiger partial charge in [-0.15, -0.1) is 0 Å². The number of piperidine rings is 1. The molecule has 1 saturated heterocycles. The van der Waals surface area contributed by atoms with Gasteiger partial charge in [0.05, 0.1) is 29.4 Å². The van der Waals surface area contributed by atoms with E-state index in [-0.39, 0.29) is 0 Å². The van der Waals surface area contributed by atoms with E-state index in [9.17, 15) is 0 Å². The van der Waals surface area contributed by atoms with Crippen molar-refractivity contribution in [3.05, 3.63) is 36.2 Å². The van der Waals surface area contributed by atoms with E-state index < -0.39 is 0 Å². The standard InChI is InChI=1S/C20H26N6O2/c1-14-18(23-15-6-5-8-21-12-15)24-19(25-20(14)28-11-10-27-2)16-13-22-26-9-4-3-7-17(16)26/h3-4,7,9,13,15,21H,5-6,8,10-12H2,1-2H3,(H,23,24,25)/t15-/m1/s1. The number of anilines is 1. The summed E-state index contributed by atoms with van der Waals surface area (Å²) in [5.74, 6) is 1.98. The van der Waals surface area contributed by atoms with Gasteiger partial charge in [0.2, 0.25) is 5.88 Å². The van der Waals surface area contributed by atoms with E-state index in [1.807, 2.05) is 35.8 Å². The van der Waals surface area contributed by atoms with Gasteiger partial charge in [-0.05, 0) is 38.4 Å². The van der Waals surface area contributed by atoms with Gasteiger partial charge in [0.25, 0.3) is 0 Å². The monoisotopic (exact) mass is 382 g/mol. The van der Waals surface area contributed by atoms with Crippen molar-refractivity contribution in [2.75, 3.05) is 38.7 Å². The molecule has 0 aromatic carbocycles. The summed E-state index contributed by atoms with van der Waals surface area (Å²) < 4.78 is 12.8. The largest absolute Gasteiger partial charge is 0.475 e. The summed E-state index contributed by atoms with van der Waals surface area (Å²) in [4.78, 5) is 9.53. The van der Waals surface area contributed by atoms with Crippen molar-refractivity contribution in [2.45, 2.75) is 25.8 Å². The lowest BCUT2D eigenvalue weighted by molar-refractivity contribution is 0.143. The smallest absolute Gasteiger partial charge is 0.222 e. The number of aromatic nitrogens is 4. The summed E-state index contributed by atoms with van der Waals surface area (Å²) in [6, 6.07) is 6.28. The van der Waals surface area contributed by atoms with Gasteiger partial charge < -0.3 is 20.1 Å². The minimum atomic E-state index is 0.339. The second kappa shape index (κ2) is 8.53. The summed E-state index contributed by atoms with van der Waals surface area (Å²) in [5.41, 5.74) is 2.74. The second-order valence-corrected chi connectivity index (χ2v) is 6.94. The molecule has 0 spiro atoms. The lowest BCUT2D eigenvalue weighted by Gasteiger charge is -2.25. The van der Waals surface area contributed by atoms with Gasteiger partial charge >= 0.3 is 0 Å². The normalized spacial score (nSPS) is 17.0. The molecule has 8 heteroatoms. The third-order valence-corrected chi connectivity index (χ3v) is 4.93. The first-order valence-electron chi connectivity index (χ1n) is 9.66. The van der Waals surface area contributed by atoms with Gasteiger partial charge in [-0.25, -0.2) is 9.50 Å². The van der Waals surface area contributed by atoms with Crippen molar-refractivity contribution in [1.82, 2.24) is 24.9 Å². The summed E-state index contributed by atoms with van der Waals surface area (Å²) in [6.07, 6.45) is 5.98. The molecule has 4 heterocycles. The van der Waals surface area contributed by atoms with Gasteiger partial charge in [0.1, 0.15) is 12.4 Å². The Bertz CT molecular complexity index is 936. The first-order valence-corrected chi connectivity index (χ1v) is 9.66. The molecule has 28 heavy (non-hydrogen) atoms. The van der Waals surface area contributed by atoms with E-state index in [0.29, 0.717) is 31.0 Å². The highest BCUT2D eigenvalue weighted by Gasteiger charge is 2.20. The molecule has 3 aromatic heterocycles. The zero-order valence-corrected chi connectivity index (χ0v) is 16.3. The Balaban J connectivity index is 1.72. The first-order chi connectivity index (χ1) is 13.8. The molecule has 1 aliphatic rings. The number of pyridine rings is 1. The first kappa shape index (κ1) is 18.6. The van der Waals surface area contributed by atoms with Crippen LogP contribution >= 0.6 is 0 Å². The molecule has 0 radical (unpaired) electrons. The van der Waals surface area contributed by atoms with Crippen molar-refractivity contribution in [2.24, 2.45) is 0 Å². The molecular formula is C20H26N6O2. The van der Waals surface area contributed by atoms with E-state index >= 15 is 0 Å². The highest BCUT2D eigenvalue weighted by atomic mass is 16.5. The van der Waals surface area contributed by atoms with E-state index in [1.165, 1.54) is 0 Å². The minimum Gasteiger partial charge on any atom is -0.475 e. The number of nitrogens with one attached hydrogen (secondary N) is 2. The number of fused-ring (bicyclic) bond motifs is 1. The van der Waals surface area contributed by atoms with Gasteiger partial charge in [0, 0.05) is 25.9 Å². The Morgan fingerprint density at radius 1 is 1.29 bits per heavy atom. The van der Waals surface area contributed by atoms with E-state index in [2.05, 4.69) is 15.7 Å². The van der Waals surface area contributed by atoms with Crippen molar-refractivity contribution < 1.29 is 9.47 Å². The highest BCUT2D eigenvalue weighted by molar-refractivity contribution is 5.76. The zero-order chi connectivity index (χ0) is 19.3. The number of ether oxygens (including phenoxy) is 2. The van der Waals surface area contributed by atoms with Crippen LogP contribution in [0.5, 0.6) is 5.88 Å². The van der Waals surface area contributed by atoms with Gasteiger partial charge in [-0.3, -0.25) is 0 Å². The predicted octanol–water partition coefficient (Wildman–Crippen LogP) is 2.29. The van der Waals surface area contributed by atoms with E-state index in [0.717, 1.165) is 48.4 Å². The molecule has 4 rings (SSSR count). The summed E-state index contributed by atoms with van der Waals surface area (Å²) in [6.45, 7) is 4.92. The van der Waals surface area contributed by atoms with E-state index in [1.54, 1.807) is 13.3 Å². The number of nitrogens with zero attached hydrogens (tertiary/aromatic N) is 4. The van der Waals surface area contributed by atoms with Crippen LogP contribution in [-0.4, -0.2) is 59.0 Å². The fourth-order valence-corrected chi connectivity index (χ4v) is 3.39. The van der Waals surface area contributed by atoms with Gasteiger partial charge in [-0.1, -0.05) is 6.07 Å². The SMILES string of the molecule is COCCOc1nc(-c2cnn3ccccc23)nc(N[C@@H]2CCCNC2)c1C. The molecular weight excluding hydrogens is 356 g/mol. The number of hydrogen-bond donors (Lipinski definition) is 2. The molecule has 1 fully saturated rings. The maximum absolute atomic E-state index is 5.90. The van der Waals surface area contributed by atoms with Crippen LogP contribution in [0.2, 0.25) is 0 Å². The van der Waals surface area contributed by atoms with Crippen LogP contribution in [0.15, 0.2) is 30.6 Å². The van der Waals surface area contributed by atoms with Crippen LogP contribution in [0.4, 0.5) is 5.82 Å². The van der Waals surface area contributed by atoms with Gasteiger partial charge in [-0.2, -0.15) is 10.1 Å². The molecule has 2 N–H and O–H groups in total. The molecule has 3 aromatic rings. The van der Waals surface area contributed by atoms with Crippen LogP contribution < -0.4 is 15.4 Å². The Kier molecular flexibility index (Phi) is 5.68. The molecule has 0 aliphatic carbocycles. The second-order valence-electron chi connectivity index (χ2n) is 6.94. The Morgan fingerprint density at radius 2 is 2.21 bits per heavy atom. The number of rotatable bonds is 7. The summed E-state index contributed by atoms with van der Waals surface area (Å²) in [7, 11) is 1.66. The molecule has 148 valence electrons. The average molecular weight is 382 g/mol. The fourth-order valence-electron chi connectivity index (χ4n) is 3.39. The van der Waals surface area contributed by atoms with Crippen LogP contribution in [0.3, 0.4) is 0 Å². The molecule has 0 unspecified atom stereocenters. The molecule has 8 nitrogen and oxygen atoms in total.